The van der Waals surface area contributed by atoms with E-state index in [1.54, 1.807) is 18.2 Å². The standard InChI is InChI=1S/C19H15N5O4S/c25-15(20-13-7-4-8-14-18(13)24-29-23-14)11-27-17(26)10-9-16-21-19(22-28-16)12-5-2-1-3-6-12/h1-8H,9-11H2,(H,20,25). The van der Waals surface area contributed by atoms with Crippen LogP contribution in [0.3, 0.4) is 0 Å². The zero-order chi connectivity index (χ0) is 20.1. The van der Waals surface area contributed by atoms with Crippen molar-refractivity contribution < 1.29 is 18.8 Å². The zero-order valence-electron chi connectivity index (χ0n) is 15.1. The van der Waals surface area contributed by atoms with Gasteiger partial charge < -0.3 is 14.6 Å². The molecule has 0 aliphatic rings. The Morgan fingerprint density at radius 1 is 1.07 bits per heavy atom. The van der Waals surface area contributed by atoms with Gasteiger partial charge in [0.15, 0.2) is 6.61 Å². The zero-order valence-corrected chi connectivity index (χ0v) is 15.9. The Morgan fingerprint density at radius 2 is 1.93 bits per heavy atom. The summed E-state index contributed by atoms with van der Waals surface area (Å²) in [4.78, 5) is 28.2. The van der Waals surface area contributed by atoms with E-state index in [1.165, 1.54) is 0 Å². The smallest absolute Gasteiger partial charge is 0.306 e. The summed E-state index contributed by atoms with van der Waals surface area (Å²) in [7, 11) is 0. The molecule has 29 heavy (non-hydrogen) atoms. The van der Waals surface area contributed by atoms with Gasteiger partial charge in [0.05, 0.1) is 23.8 Å². The van der Waals surface area contributed by atoms with Crippen molar-refractivity contribution in [1.29, 1.82) is 0 Å². The second kappa shape index (κ2) is 8.57. The van der Waals surface area contributed by atoms with Gasteiger partial charge >= 0.3 is 5.97 Å². The molecule has 4 rings (SSSR count). The highest BCUT2D eigenvalue weighted by Gasteiger charge is 2.14. The molecule has 2 aromatic heterocycles. The van der Waals surface area contributed by atoms with Gasteiger partial charge in [-0.2, -0.15) is 13.7 Å². The van der Waals surface area contributed by atoms with Crippen LogP contribution in [0.4, 0.5) is 5.69 Å². The molecule has 146 valence electrons. The number of carbonyl (C=O) groups excluding carboxylic acids is 2. The van der Waals surface area contributed by atoms with Crippen LogP contribution in [-0.4, -0.2) is 37.4 Å². The number of aryl methyl sites for hydroxylation is 1. The molecule has 0 radical (unpaired) electrons. The second-order valence-electron chi connectivity index (χ2n) is 6.02. The van der Waals surface area contributed by atoms with Crippen molar-refractivity contribution in [1.82, 2.24) is 18.9 Å². The third-order valence-electron chi connectivity index (χ3n) is 3.97. The molecular formula is C19H15N5O4S. The topological polar surface area (TPSA) is 120 Å². The second-order valence-corrected chi connectivity index (χ2v) is 6.55. The number of rotatable bonds is 7. The quantitative estimate of drug-likeness (QED) is 0.463. The minimum Gasteiger partial charge on any atom is -0.456 e. The number of ether oxygens (including phenoxy) is 1. The fourth-order valence-electron chi connectivity index (χ4n) is 2.58. The van der Waals surface area contributed by atoms with E-state index in [2.05, 4.69) is 24.2 Å². The van der Waals surface area contributed by atoms with Crippen LogP contribution in [0.5, 0.6) is 0 Å². The Hall–Kier alpha value is -3.66. The summed E-state index contributed by atoms with van der Waals surface area (Å²) in [5.41, 5.74) is 2.64. The van der Waals surface area contributed by atoms with Crippen molar-refractivity contribution in [2.45, 2.75) is 12.8 Å². The first-order valence-corrected chi connectivity index (χ1v) is 9.47. The predicted molar refractivity (Wildman–Crippen MR) is 105 cm³/mol. The Kier molecular flexibility index (Phi) is 5.52. The first-order chi connectivity index (χ1) is 14.2. The lowest BCUT2D eigenvalue weighted by atomic mass is 10.2. The van der Waals surface area contributed by atoms with E-state index >= 15 is 0 Å². The van der Waals surface area contributed by atoms with Crippen LogP contribution in [0, 0.1) is 0 Å². The van der Waals surface area contributed by atoms with Crippen LogP contribution in [0.15, 0.2) is 53.1 Å². The molecule has 10 heteroatoms. The van der Waals surface area contributed by atoms with Crippen LogP contribution < -0.4 is 5.32 Å². The van der Waals surface area contributed by atoms with E-state index < -0.39 is 18.5 Å². The minimum absolute atomic E-state index is 0.0231. The highest BCUT2D eigenvalue weighted by Crippen LogP contribution is 2.21. The summed E-state index contributed by atoms with van der Waals surface area (Å²) < 4.78 is 18.4. The number of aromatic nitrogens is 4. The molecule has 2 heterocycles. The highest BCUT2D eigenvalue weighted by molar-refractivity contribution is 7.00. The van der Waals surface area contributed by atoms with E-state index in [1.807, 2.05) is 30.3 Å². The molecule has 1 N–H and O–H groups in total. The number of hydrogen-bond acceptors (Lipinski definition) is 9. The number of nitrogens with zero attached hydrogens (tertiary/aromatic N) is 4. The van der Waals surface area contributed by atoms with E-state index in [4.69, 9.17) is 9.26 Å². The van der Waals surface area contributed by atoms with Crippen molar-refractivity contribution in [3.63, 3.8) is 0 Å². The molecular weight excluding hydrogens is 394 g/mol. The van der Waals surface area contributed by atoms with Gasteiger partial charge in [-0.25, -0.2) is 0 Å². The van der Waals surface area contributed by atoms with Gasteiger partial charge in [-0.05, 0) is 12.1 Å². The fraction of sp³-hybridized carbons (Fsp3) is 0.158. The summed E-state index contributed by atoms with van der Waals surface area (Å²) in [5, 5.41) is 6.56. The third-order valence-corrected chi connectivity index (χ3v) is 4.51. The minimum atomic E-state index is -0.534. The van der Waals surface area contributed by atoms with Gasteiger partial charge in [-0.15, -0.1) is 0 Å². The monoisotopic (exact) mass is 409 g/mol. The van der Waals surface area contributed by atoms with Gasteiger partial charge in [0.1, 0.15) is 11.0 Å². The summed E-state index contributed by atoms with van der Waals surface area (Å²) >= 11 is 1.06. The van der Waals surface area contributed by atoms with Gasteiger partial charge in [0.2, 0.25) is 11.7 Å². The molecule has 9 nitrogen and oxygen atoms in total. The number of esters is 1. The summed E-state index contributed by atoms with van der Waals surface area (Å²) in [6.45, 7) is -0.397. The van der Waals surface area contributed by atoms with Crippen molar-refractivity contribution in [3.05, 3.63) is 54.4 Å². The van der Waals surface area contributed by atoms with Crippen LogP contribution in [0.1, 0.15) is 12.3 Å². The van der Waals surface area contributed by atoms with E-state index in [0.29, 0.717) is 28.4 Å². The van der Waals surface area contributed by atoms with Gasteiger partial charge in [0, 0.05) is 12.0 Å². The molecule has 0 atom stereocenters. The number of fused-ring (bicyclic) bond motifs is 1. The van der Waals surface area contributed by atoms with Crippen molar-refractivity contribution >= 4 is 40.3 Å². The molecule has 0 spiro atoms. The Bertz CT molecular complexity index is 1140. The van der Waals surface area contributed by atoms with E-state index in [9.17, 15) is 9.59 Å². The number of hydrogen-bond donors (Lipinski definition) is 1. The predicted octanol–water partition coefficient (Wildman–Crippen LogP) is 2.86. The summed E-state index contributed by atoms with van der Waals surface area (Å²) in [6, 6.07) is 14.6. The van der Waals surface area contributed by atoms with Gasteiger partial charge in [0.25, 0.3) is 5.91 Å². The Morgan fingerprint density at radius 3 is 2.79 bits per heavy atom. The molecule has 0 aliphatic carbocycles. The number of benzene rings is 2. The summed E-state index contributed by atoms with van der Waals surface area (Å²) in [6.07, 6.45) is 0.249. The van der Waals surface area contributed by atoms with Crippen molar-refractivity contribution in [3.8, 4) is 11.4 Å². The number of anilines is 1. The largest absolute Gasteiger partial charge is 0.456 e. The average molecular weight is 409 g/mol. The normalized spacial score (nSPS) is 10.8. The lowest BCUT2D eigenvalue weighted by Gasteiger charge is -2.06. The lowest BCUT2D eigenvalue weighted by Crippen LogP contribution is -2.21. The number of amides is 1. The molecule has 0 unspecified atom stereocenters. The molecule has 0 saturated heterocycles. The van der Waals surface area contributed by atoms with Crippen LogP contribution >= 0.6 is 11.7 Å². The van der Waals surface area contributed by atoms with E-state index in [0.717, 1.165) is 17.3 Å². The Balaban J connectivity index is 1.24. The maximum Gasteiger partial charge on any atom is 0.306 e. The first-order valence-electron chi connectivity index (χ1n) is 8.74. The summed E-state index contributed by atoms with van der Waals surface area (Å²) in [5.74, 6) is -0.205. The fourth-order valence-corrected chi connectivity index (χ4v) is 3.13. The molecule has 0 aliphatic heterocycles. The number of nitrogens with one attached hydrogen (secondary N) is 1. The van der Waals surface area contributed by atoms with Crippen LogP contribution in [-0.2, 0) is 20.7 Å². The van der Waals surface area contributed by atoms with Gasteiger partial charge in [-0.1, -0.05) is 41.6 Å². The van der Waals surface area contributed by atoms with Crippen molar-refractivity contribution in [2.75, 3.05) is 11.9 Å². The molecule has 0 bridgehead atoms. The van der Waals surface area contributed by atoms with Gasteiger partial charge in [-0.3, -0.25) is 9.59 Å². The molecule has 1 amide bonds. The van der Waals surface area contributed by atoms with E-state index in [-0.39, 0.29) is 12.8 Å². The maximum atomic E-state index is 12.0. The SMILES string of the molecule is O=C(COC(=O)CCc1nc(-c2ccccc2)no1)Nc1cccc2nsnc12. The van der Waals surface area contributed by atoms with Crippen molar-refractivity contribution in [2.24, 2.45) is 0 Å². The third kappa shape index (κ3) is 4.61. The maximum absolute atomic E-state index is 12.0. The number of carbonyl (C=O) groups is 2. The average Bonchev–Trinajstić information content (AvgIpc) is 3.41. The molecule has 0 saturated carbocycles. The Labute approximate surface area is 169 Å². The molecule has 0 fully saturated rings. The van der Waals surface area contributed by atoms with Crippen LogP contribution in [0.25, 0.3) is 22.4 Å². The lowest BCUT2D eigenvalue weighted by molar-refractivity contribution is -0.147. The molecule has 4 aromatic rings. The first kappa shape index (κ1) is 18.7. The molecule has 2 aromatic carbocycles. The highest BCUT2D eigenvalue weighted by atomic mass is 32.1. The van der Waals surface area contributed by atoms with Crippen LogP contribution in [0.2, 0.25) is 0 Å².